The van der Waals surface area contributed by atoms with E-state index in [0.29, 0.717) is 16.7 Å². The third-order valence-corrected chi connectivity index (χ3v) is 2.69. The first-order chi connectivity index (χ1) is 8.61. The van der Waals surface area contributed by atoms with Crippen molar-refractivity contribution in [3.63, 3.8) is 0 Å². The summed E-state index contributed by atoms with van der Waals surface area (Å²) in [6.45, 7) is 4.49. The van der Waals surface area contributed by atoms with Gasteiger partial charge < -0.3 is 5.32 Å². The Morgan fingerprint density at radius 2 is 2.28 bits per heavy atom. The molecule has 0 aromatic carbocycles. The SMILES string of the molecule is CCCNc1ncc(F)c(-n2cc(Cl)c(C)n2)n1. The normalized spacial score (nSPS) is 10.7. The van der Waals surface area contributed by atoms with E-state index in [2.05, 4.69) is 20.4 Å². The first-order valence-electron chi connectivity index (χ1n) is 5.60. The molecule has 5 nitrogen and oxygen atoms in total. The molecule has 0 aliphatic rings. The highest BCUT2D eigenvalue weighted by Gasteiger charge is 2.12. The van der Waals surface area contributed by atoms with E-state index >= 15 is 0 Å². The highest BCUT2D eigenvalue weighted by Crippen LogP contribution is 2.17. The molecule has 96 valence electrons. The summed E-state index contributed by atoms with van der Waals surface area (Å²) in [5.74, 6) is -0.0904. The minimum absolute atomic E-state index is 0.0820. The Labute approximate surface area is 109 Å². The quantitative estimate of drug-likeness (QED) is 0.927. The molecule has 2 heterocycles. The number of anilines is 1. The highest BCUT2D eigenvalue weighted by atomic mass is 35.5. The van der Waals surface area contributed by atoms with Crippen molar-refractivity contribution < 1.29 is 4.39 Å². The molecule has 0 saturated carbocycles. The number of aromatic nitrogens is 4. The number of nitrogens with zero attached hydrogens (tertiary/aromatic N) is 4. The molecule has 0 fully saturated rings. The Bertz CT molecular complexity index is 535. The first kappa shape index (κ1) is 12.8. The molecule has 0 radical (unpaired) electrons. The summed E-state index contributed by atoms with van der Waals surface area (Å²) >= 11 is 5.89. The van der Waals surface area contributed by atoms with Gasteiger partial charge in [-0.3, -0.25) is 0 Å². The molecule has 0 atom stereocenters. The molecule has 1 N–H and O–H groups in total. The molecule has 2 rings (SSSR count). The summed E-state index contributed by atoms with van der Waals surface area (Å²) in [7, 11) is 0. The lowest BCUT2D eigenvalue weighted by Crippen LogP contribution is -2.09. The molecule has 0 spiro atoms. The van der Waals surface area contributed by atoms with Gasteiger partial charge in [0, 0.05) is 6.54 Å². The molecule has 0 aliphatic carbocycles. The Balaban J connectivity index is 2.36. The van der Waals surface area contributed by atoms with Crippen LogP contribution in [0.2, 0.25) is 5.02 Å². The predicted octanol–water partition coefficient (Wildman–Crippen LogP) is 2.59. The number of hydrogen-bond donors (Lipinski definition) is 1. The van der Waals surface area contributed by atoms with Crippen molar-refractivity contribution in [3.8, 4) is 5.82 Å². The van der Waals surface area contributed by atoms with Gasteiger partial charge in [0.05, 0.1) is 23.1 Å². The molecule has 0 amide bonds. The number of rotatable bonds is 4. The van der Waals surface area contributed by atoms with Crippen molar-refractivity contribution in [2.24, 2.45) is 0 Å². The van der Waals surface area contributed by atoms with Crippen LogP contribution in [0.5, 0.6) is 0 Å². The van der Waals surface area contributed by atoms with Gasteiger partial charge in [-0.25, -0.2) is 14.1 Å². The minimum Gasteiger partial charge on any atom is -0.354 e. The topological polar surface area (TPSA) is 55.6 Å². The van der Waals surface area contributed by atoms with Gasteiger partial charge in [0.2, 0.25) is 5.95 Å². The average molecular weight is 270 g/mol. The van der Waals surface area contributed by atoms with Crippen molar-refractivity contribution in [2.45, 2.75) is 20.3 Å². The van der Waals surface area contributed by atoms with Crippen LogP contribution >= 0.6 is 11.6 Å². The fourth-order valence-corrected chi connectivity index (χ4v) is 1.52. The zero-order chi connectivity index (χ0) is 13.1. The van der Waals surface area contributed by atoms with E-state index in [4.69, 9.17) is 11.6 Å². The van der Waals surface area contributed by atoms with Gasteiger partial charge in [-0.15, -0.1) is 0 Å². The lowest BCUT2D eigenvalue weighted by atomic mass is 10.5. The molecule has 0 aliphatic heterocycles. The molecule has 0 bridgehead atoms. The summed E-state index contributed by atoms with van der Waals surface area (Å²) in [6.07, 6.45) is 3.57. The van der Waals surface area contributed by atoms with Crippen molar-refractivity contribution >= 4 is 17.5 Å². The third kappa shape index (κ3) is 2.59. The van der Waals surface area contributed by atoms with E-state index < -0.39 is 5.82 Å². The van der Waals surface area contributed by atoms with Gasteiger partial charge in [-0.05, 0) is 13.3 Å². The van der Waals surface area contributed by atoms with Crippen LogP contribution in [0.15, 0.2) is 12.4 Å². The summed E-state index contributed by atoms with van der Waals surface area (Å²) in [5, 5.41) is 7.55. The molecule has 18 heavy (non-hydrogen) atoms. The van der Waals surface area contributed by atoms with Crippen LogP contribution < -0.4 is 5.32 Å². The van der Waals surface area contributed by atoms with E-state index in [9.17, 15) is 4.39 Å². The van der Waals surface area contributed by atoms with Crippen LogP contribution in [0.25, 0.3) is 5.82 Å². The second-order valence-electron chi connectivity index (χ2n) is 3.80. The van der Waals surface area contributed by atoms with E-state index in [1.54, 1.807) is 6.92 Å². The average Bonchev–Trinajstić information content (AvgIpc) is 2.68. The molecule has 7 heteroatoms. The van der Waals surface area contributed by atoms with Gasteiger partial charge in [-0.1, -0.05) is 18.5 Å². The van der Waals surface area contributed by atoms with E-state index in [1.807, 2.05) is 6.92 Å². The number of hydrogen-bond acceptors (Lipinski definition) is 4. The highest BCUT2D eigenvalue weighted by molar-refractivity contribution is 6.31. The second kappa shape index (κ2) is 5.30. The Morgan fingerprint density at radius 1 is 1.50 bits per heavy atom. The van der Waals surface area contributed by atoms with Crippen molar-refractivity contribution in [2.75, 3.05) is 11.9 Å². The van der Waals surface area contributed by atoms with Gasteiger partial charge in [0.1, 0.15) is 0 Å². The molecule has 2 aromatic rings. The summed E-state index contributed by atoms with van der Waals surface area (Å²) in [4.78, 5) is 7.94. The zero-order valence-corrected chi connectivity index (χ0v) is 10.9. The number of halogens is 2. The smallest absolute Gasteiger partial charge is 0.224 e. The molecule has 0 saturated heterocycles. The van der Waals surface area contributed by atoms with Crippen molar-refractivity contribution in [3.05, 3.63) is 28.9 Å². The van der Waals surface area contributed by atoms with Crippen LogP contribution in [-0.2, 0) is 0 Å². The molecular formula is C11H13ClFN5. The lowest BCUT2D eigenvalue weighted by Gasteiger charge is -2.06. The maximum Gasteiger partial charge on any atom is 0.224 e. The zero-order valence-electron chi connectivity index (χ0n) is 10.1. The molecule has 0 unspecified atom stereocenters. The van der Waals surface area contributed by atoms with Gasteiger partial charge in [0.25, 0.3) is 0 Å². The Kier molecular flexibility index (Phi) is 3.76. The molecule has 2 aromatic heterocycles. The van der Waals surface area contributed by atoms with E-state index in [-0.39, 0.29) is 5.82 Å². The largest absolute Gasteiger partial charge is 0.354 e. The second-order valence-corrected chi connectivity index (χ2v) is 4.21. The summed E-state index contributed by atoms with van der Waals surface area (Å²) in [5.41, 5.74) is 0.623. The Hall–Kier alpha value is -1.69. The number of aryl methyl sites for hydroxylation is 1. The van der Waals surface area contributed by atoms with Crippen LogP contribution in [0.3, 0.4) is 0 Å². The lowest BCUT2D eigenvalue weighted by molar-refractivity contribution is 0.592. The predicted molar refractivity (Wildman–Crippen MR) is 67.6 cm³/mol. The van der Waals surface area contributed by atoms with E-state index in [1.165, 1.54) is 10.9 Å². The molecular weight excluding hydrogens is 257 g/mol. The minimum atomic E-state index is -0.545. The Morgan fingerprint density at radius 3 is 2.89 bits per heavy atom. The summed E-state index contributed by atoms with van der Waals surface area (Å²) in [6, 6.07) is 0. The van der Waals surface area contributed by atoms with Gasteiger partial charge >= 0.3 is 0 Å². The van der Waals surface area contributed by atoms with Crippen molar-refractivity contribution in [1.82, 2.24) is 19.7 Å². The van der Waals surface area contributed by atoms with Crippen LogP contribution in [0.4, 0.5) is 10.3 Å². The van der Waals surface area contributed by atoms with Gasteiger partial charge in [0.15, 0.2) is 11.6 Å². The van der Waals surface area contributed by atoms with E-state index in [0.717, 1.165) is 19.2 Å². The number of nitrogens with one attached hydrogen (secondary N) is 1. The fraction of sp³-hybridized carbons (Fsp3) is 0.364. The standard InChI is InChI=1S/C11H13ClFN5/c1-3-4-14-11-15-5-9(13)10(16-11)18-6-8(12)7(2)17-18/h5-6H,3-4H2,1-2H3,(H,14,15,16). The monoisotopic (exact) mass is 269 g/mol. The summed E-state index contributed by atoms with van der Waals surface area (Å²) < 4.78 is 15.0. The van der Waals surface area contributed by atoms with Gasteiger partial charge in [-0.2, -0.15) is 10.1 Å². The maximum absolute atomic E-state index is 13.7. The first-order valence-corrected chi connectivity index (χ1v) is 5.98. The maximum atomic E-state index is 13.7. The van der Waals surface area contributed by atoms with Crippen LogP contribution in [0, 0.1) is 12.7 Å². The fourth-order valence-electron chi connectivity index (χ4n) is 1.39. The van der Waals surface area contributed by atoms with Crippen LogP contribution in [0.1, 0.15) is 19.0 Å². The third-order valence-electron chi connectivity index (χ3n) is 2.31. The van der Waals surface area contributed by atoms with Crippen LogP contribution in [-0.4, -0.2) is 26.3 Å². The van der Waals surface area contributed by atoms with Crippen molar-refractivity contribution in [1.29, 1.82) is 0 Å².